The largest absolute Gasteiger partial charge is 0.385 e. The van der Waals surface area contributed by atoms with Gasteiger partial charge in [-0.1, -0.05) is 29.8 Å². The van der Waals surface area contributed by atoms with Crippen molar-refractivity contribution in [3.05, 3.63) is 35.5 Å². The van der Waals surface area contributed by atoms with Gasteiger partial charge in [0.1, 0.15) is 5.15 Å². The first-order valence-corrected chi connectivity index (χ1v) is 4.98. The predicted octanol–water partition coefficient (Wildman–Crippen LogP) is 3.32. The fourth-order valence-electron chi connectivity index (χ4n) is 1.48. The average Bonchev–Trinajstić information content (AvgIpc) is 2.18. The van der Waals surface area contributed by atoms with Crippen molar-refractivity contribution in [1.29, 1.82) is 0 Å². The molecule has 0 fully saturated rings. The average molecular weight is 207 g/mol. The molecule has 1 aromatic carbocycles. The first-order chi connectivity index (χ1) is 6.81. The normalized spacial score (nSPS) is 10.4. The number of anilines is 1. The minimum atomic E-state index is 0.527. The Morgan fingerprint density at radius 2 is 2.14 bits per heavy atom. The Hall–Kier alpha value is -1.28. The van der Waals surface area contributed by atoms with E-state index in [0.717, 1.165) is 23.1 Å². The molecule has 2 rings (SSSR count). The quantitative estimate of drug-likeness (QED) is 0.763. The van der Waals surface area contributed by atoms with Crippen LogP contribution >= 0.6 is 11.6 Å². The van der Waals surface area contributed by atoms with E-state index in [2.05, 4.69) is 17.2 Å². The van der Waals surface area contributed by atoms with E-state index in [1.807, 2.05) is 30.3 Å². The minimum absolute atomic E-state index is 0.527. The second kappa shape index (κ2) is 3.84. The zero-order valence-electron chi connectivity index (χ0n) is 7.92. The zero-order valence-corrected chi connectivity index (χ0v) is 8.67. The molecule has 2 nitrogen and oxygen atoms in total. The number of pyridine rings is 1. The standard InChI is InChI=1S/C11H11ClN2/c1-2-13-10-7-11(12)14-9-6-4-3-5-8(9)10/h3-7H,2H2,1H3,(H,13,14). The highest BCUT2D eigenvalue weighted by Gasteiger charge is 2.02. The summed E-state index contributed by atoms with van der Waals surface area (Å²) in [5.74, 6) is 0. The predicted molar refractivity (Wildman–Crippen MR) is 60.9 cm³/mol. The number of benzene rings is 1. The number of fused-ring (bicyclic) bond motifs is 1. The lowest BCUT2D eigenvalue weighted by molar-refractivity contribution is 1.21. The molecule has 0 amide bonds. The number of hydrogen-bond donors (Lipinski definition) is 1. The van der Waals surface area contributed by atoms with Crippen molar-refractivity contribution in [2.45, 2.75) is 6.92 Å². The molecule has 0 saturated heterocycles. The molecule has 1 aromatic heterocycles. The van der Waals surface area contributed by atoms with Gasteiger partial charge < -0.3 is 5.32 Å². The highest BCUT2D eigenvalue weighted by Crippen LogP contribution is 2.24. The van der Waals surface area contributed by atoms with E-state index in [1.165, 1.54) is 0 Å². The third-order valence-corrected chi connectivity index (χ3v) is 2.25. The Balaban J connectivity index is 2.67. The van der Waals surface area contributed by atoms with Crippen molar-refractivity contribution in [3.63, 3.8) is 0 Å². The summed E-state index contributed by atoms with van der Waals surface area (Å²) in [6.07, 6.45) is 0. The Morgan fingerprint density at radius 1 is 1.36 bits per heavy atom. The summed E-state index contributed by atoms with van der Waals surface area (Å²) in [5, 5.41) is 4.90. The van der Waals surface area contributed by atoms with Gasteiger partial charge in [0.25, 0.3) is 0 Å². The molecule has 0 aliphatic rings. The Morgan fingerprint density at radius 3 is 2.93 bits per heavy atom. The Labute approximate surface area is 87.9 Å². The summed E-state index contributed by atoms with van der Waals surface area (Å²) in [4.78, 5) is 4.24. The van der Waals surface area contributed by atoms with Crippen molar-refractivity contribution in [1.82, 2.24) is 4.98 Å². The molecule has 0 radical (unpaired) electrons. The molecule has 0 aliphatic carbocycles. The van der Waals surface area contributed by atoms with Crippen LogP contribution in [0.1, 0.15) is 6.92 Å². The summed E-state index contributed by atoms with van der Waals surface area (Å²) in [7, 11) is 0. The van der Waals surface area contributed by atoms with Gasteiger partial charge >= 0.3 is 0 Å². The van der Waals surface area contributed by atoms with Gasteiger partial charge in [-0.15, -0.1) is 0 Å². The molecule has 2 aromatic rings. The van der Waals surface area contributed by atoms with E-state index in [1.54, 1.807) is 0 Å². The number of halogens is 1. The lowest BCUT2D eigenvalue weighted by Gasteiger charge is -2.07. The molecule has 14 heavy (non-hydrogen) atoms. The highest BCUT2D eigenvalue weighted by molar-refractivity contribution is 6.30. The number of nitrogens with one attached hydrogen (secondary N) is 1. The maximum absolute atomic E-state index is 5.91. The van der Waals surface area contributed by atoms with Crippen LogP contribution in [0.2, 0.25) is 5.15 Å². The third kappa shape index (κ3) is 1.66. The van der Waals surface area contributed by atoms with Crippen LogP contribution in [0, 0.1) is 0 Å². The monoisotopic (exact) mass is 206 g/mol. The van der Waals surface area contributed by atoms with Crippen LogP contribution in [0.4, 0.5) is 5.69 Å². The van der Waals surface area contributed by atoms with Gasteiger partial charge in [0.05, 0.1) is 5.52 Å². The summed E-state index contributed by atoms with van der Waals surface area (Å²) < 4.78 is 0. The number of para-hydroxylation sites is 1. The smallest absolute Gasteiger partial charge is 0.131 e. The number of rotatable bonds is 2. The van der Waals surface area contributed by atoms with Crippen molar-refractivity contribution < 1.29 is 0 Å². The van der Waals surface area contributed by atoms with E-state index in [0.29, 0.717) is 5.15 Å². The fraction of sp³-hybridized carbons (Fsp3) is 0.182. The molecule has 1 N–H and O–H groups in total. The molecule has 0 bridgehead atoms. The first-order valence-electron chi connectivity index (χ1n) is 4.60. The van der Waals surface area contributed by atoms with Gasteiger partial charge in [0.2, 0.25) is 0 Å². The topological polar surface area (TPSA) is 24.9 Å². The second-order valence-electron chi connectivity index (χ2n) is 3.04. The molecular weight excluding hydrogens is 196 g/mol. The summed E-state index contributed by atoms with van der Waals surface area (Å²) >= 11 is 5.91. The second-order valence-corrected chi connectivity index (χ2v) is 3.43. The minimum Gasteiger partial charge on any atom is -0.385 e. The van der Waals surface area contributed by atoms with Gasteiger partial charge in [-0.2, -0.15) is 0 Å². The summed E-state index contributed by atoms with van der Waals surface area (Å²) in [6.45, 7) is 2.94. The van der Waals surface area contributed by atoms with Gasteiger partial charge in [-0.05, 0) is 19.1 Å². The molecule has 0 saturated carbocycles. The Kier molecular flexibility index (Phi) is 2.55. The van der Waals surface area contributed by atoms with Gasteiger partial charge in [0.15, 0.2) is 0 Å². The molecule has 0 spiro atoms. The number of hydrogen-bond acceptors (Lipinski definition) is 2. The lowest BCUT2D eigenvalue weighted by Crippen LogP contribution is -1.98. The van der Waals surface area contributed by atoms with Crippen LogP contribution in [0.25, 0.3) is 10.9 Å². The van der Waals surface area contributed by atoms with E-state index >= 15 is 0 Å². The number of aromatic nitrogens is 1. The van der Waals surface area contributed by atoms with E-state index < -0.39 is 0 Å². The van der Waals surface area contributed by atoms with Gasteiger partial charge in [-0.25, -0.2) is 4.98 Å². The highest BCUT2D eigenvalue weighted by atomic mass is 35.5. The maximum Gasteiger partial charge on any atom is 0.131 e. The van der Waals surface area contributed by atoms with Crippen LogP contribution in [-0.4, -0.2) is 11.5 Å². The van der Waals surface area contributed by atoms with Crippen molar-refractivity contribution in [2.24, 2.45) is 0 Å². The molecule has 0 aliphatic heterocycles. The SMILES string of the molecule is CCNc1cc(Cl)nc2ccccc12. The van der Waals surface area contributed by atoms with Crippen LogP contribution in [0.3, 0.4) is 0 Å². The maximum atomic E-state index is 5.91. The molecule has 1 heterocycles. The van der Waals surface area contributed by atoms with Gasteiger partial charge in [0, 0.05) is 17.6 Å². The van der Waals surface area contributed by atoms with Gasteiger partial charge in [-0.3, -0.25) is 0 Å². The van der Waals surface area contributed by atoms with Crippen molar-refractivity contribution >= 4 is 28.2 Å². The van der Waals surface area contributed by atoms with Crippen molar-refractivity contribution in [3.8, 4) is 0 Å². The molecule has 3 heteroatoms. The van der Waals surface area contributed by atoms with Crippen LogP contribution in [0.15, 0.2) is 30.3 Å². The first kappa shape index (κ1) is 9.28. The van der Waals surface area contributed by atoms with E-state index in [-0.39, 0.29) is 0 Å². The van der Waals surface area contributed by atoms with Crippen LogP contribution < -0.4 is 5.32 Å². The van der Waals surface area contributed by atoms with E-state index in [9.17, 15) is 0 Å². The molecule has 0 atom stereocenters. The number of nitrogens with zero attached hydrogens (tertiary/aromatic N) is 1. The molecule has 72 valence electrons. The van der Waals surface area contributed by atoms with Crippen LogP contribution in [0.5, 0.6) is 0 Å². The Bertz CT molecular complexity index is 454. The molecular formula is C11H11ClN2. The summed E-state index contributed by atoms with van der Waals surface area (Å²) in [5.41, 5.74) is 1.97. The zero-order chi connectivity index (χ0) is 9.97. The lowest BCUT2D eigenvalue weighted by atomic mass is 10.2. The fourth-order valence-corrected chi connectivity index (χ4v) is 1.68. The van der Waals surface area contributed by atoms with E-state index in [4.69, 9.17) is 11.6 Å². The summed E-state index contributed by atoms with van der Waals surface area (Å²) in [6, 6.07) is 9.81. The van der Waals surface area contributed by atoms with Crippen molar-refractivity contribution in [2.75, 3.05) is 11.9 Å². The van der Waals surface area contributed by atoms with Crippen LogP contribution in [-0.2, 0) is 0 Å². The molecule has 0 unspecified atom stereocenters. The third-order valence-electron chi connectivity index (χ3n) is 2.05.